The molecule has 4 heteroatoms. The van der Waals surface area contributed by atoms with Crippen molar-refractivity contribution in [2.75, 3.05) is 0 Å². The van der Waals surface area contributed by atoms with Crippen LogP contribution in [0.2, 0.25) is 0 Å². The summed E-state index contributed by atoms with van der Waals surface area (Å²) in [5.41, 5.74) is 0. The summed E-state index contributed by atoms with van der Waals surface area (Å²) < 4.78 is 11.8. The molecule has 0 saturated carbocycles. The van der Waals surface area contributed by atoms with Gasteiger partial charge < -0.3 is 9.37 Å². The molecule has 0 fully saturated rings. The third kappa shape index (κ3) is 4.67. The third-order valence-electron chi connectivity index (χ3n) is 0.568. The van der Waals surface area contributed by atoms with Crippen LogP contribution < -0.4 is 0 Å². The molecule has 1 nitrogen and oxygen atoms in total. The van der Waals surface area contributed by atoms with Crippen LogP contribution in [-0.4, -0.2) is 4.98 Å². The van der Waals surface area contributed by atoms with Crippen LogP contribution >= 0.6 is 13.6 Å². The SMILES string of the molecule is Fc1c[c-]cnc1.[Zn+][Br]. The zero-order chi connectivity index (χ0) is 7.11. The molecular formula is C5H3BrFNZn. The molecule has 0 unspecified atom stereocenters. The van der Waals surface area contributed by atoms with Gasteiger partial charge in [0.05, 0.1) is 0 Å². The summed E-state index contributed by atoms with van der Waals surface area (Å²) in [4.78, 5) is 3.45. The molecule has 9 heavy (non-hydrogen) atoms. The summed E-state index contributed by atoms with van der Waals surface area (Å²) >= 11 is 4.25. The number of aromatic nitrogens is 1. The predicted molar refractivity (Wildman–Crippen MR) is 32.0 cm³/mol. The second kappa shape index (κ2) is 6.31. The Labute approximate surface area is 69.7 Å². The summed E-state index contributed by atoms with van der Waals surface area (Å²) in [6.07, 6.45) is 2.54. The second-order valence-corrected chi connectivity index (χ2v) is 1.10. The van der Waals surface area contributed by atoms with Crippen LogP contribution in [0.5, 0.6) is 0 Å². The number of hydrogen-bond donors (Lipinski definition) is 0. The molecule has 1 heterocycles. The van der Waals surface area contributed by atoms with E-state index in [4.69, 9.17) is 0 Å². The van der Waals surface area contributed by atoms with Gasteiger partial charge in [-0.05, 0) is 12.0 Å². The number of rotatable bonds is 0. The number of nitrogens with zero attached hydrogens (tertiary/aromatic N) is 1. The van der Waals surface area contributed by atoms with E-state index < -0.39 is 0 Å². The van der Waals surface area contributed by atoms with Gasteiger partial charge >= 0.3 is 30.0 Å². The molecule has 0 saturated heterocycles. The minimum absolute atomic E-state index is 0.345. The van der Waals surface area contributed by atoms with Crippen LogP contribution in [0.4, 0.5) is 4.39 Å². The maximum atomic E-state index is 11.8. The van der Waals surface area contributed by atoms with E-state index in [2.05, 4.69) is 24.7 Å². The van der Waals surface area contributed by atoms with Crippen LogP contribution in [-0.2, 0) is 16.3 Å². The Hall–Kier alpha value is 0.183. The van der Waals surface area contributed by atoms with Crippen molar-refractivity contribution >= 4 is 13.6 Å². The molecule has 0 bridgehead atoms. The van der Waals surface area contributed by atoms with Gasteiger partial charge in [0.15, 0.2) is 0 Å². The van der Waals surface area contributed by atoms with E-state index in [0.29, 0.717) is 0 Å². The molecule has 0 radical (unpaired) electrons. The first-order valence-corrected chi connectivity index (χ1v) is 9.08. The van der Waals surface area contributed by atoms with E-state index in [9.17, 15) is 4.39 Å². The van der Waals surface area contributed by atoms with Crippen LogP contribution in [0.25, 0.3) is 0 Å². The standard InChI is InChI=1S/C5H3FN.BrH.Zn/c6-5-2-1-3-7-4-5;;/h2-4H;1H;/q-1;;+2/p-1. The monoisotopic (exact) mass is 239 g/mol. The van der Waals surface area contributed by atoms with Gasteiger partial charge in [-0.25, -0.2) is 6.07 Å². The molecule has 1 aromatic rings. The second-order valence-electron chi connectivity index (χ2n) is 1.10. The first kappa shape index (κ1) is 9.18. The van der Waals surface area contributed by atoms with Gasteiger partial charge in [0.25, 0.3) is 0 Å². The van der Waals surface area contributed by atoms with Crippen LogP contribution in [0.1, 0.15) is 0 Å². The first-order valence-electron chi connectivity index (χ1n) is 2.13. The van der Waals surface area contributed by atoms with Crippen LogP contribution in [0, 0.1) is 11.9 Å². The average Bonchev–Trinajstić information content (AvgIpc) is 1.94. The van der Waals surface area contributed by atoms with E-state index in [1.54, 1.807) is 0 Å². The molecule has 0 N–H and O–H groups in total. The Morgan fingerprint density at radius 2 is 2.33 bits per heavy atom. The summed E-state index contributed by atoms with van der Waals surface area (Å²) in [5.74, 6) is -0.345. The zero-order valence-corrected chi connectivity index (χ0v) is 9.20. The molecule has 1 rings (SSSR count). The van der Waals surface area contributed by atoms with Crippen molar-refractivity contribution in [3.05, 3.63) is 30.3 Å². The van der Waals surface area contributed by atoms with Gasteiger partial charge in [0, 0.05) is 0 Å². The van der Waals surface area contributed by atoms with Crippen molar-refractivity contribution in [2.45, 2.75) is 0 Å². The van der Waals surface area contributed by atoms with Gasteiger partial charge in [-0.15, -0.1) is 0 Å². The fourth-order valence-electron chi connectivity index (χ4n) is 0.306. The van der Waals surface area contributed by atoms with E-state index in [1.807, 2.05) is 0 Å². The molecule has 0 amide bonds. The maximum absolute atomic E-state index is 11.8. The Bertz CT molecular complexity index is 147. The van der Waals surface area contributed by atoms with E-state index in [-0.39, 0.29) is 5.82 Å². The molecular weight excluding hydrogens is 238 g/mol. The minimum atomic E-state index is -0.345. The van der Waals surface area contributed by atoms with Crippen LogP contribution in [0.15, 0.2) is 18.5 Å². The quantitative estimate of drug-likeness (QED) is 0.499. The van der Waals surface area contributed by atoms with Gasteiger partial charge in [-0.1, -0.05) is 6.20 Å². The van der Waals surface area contributed by atoms with Crippen molar-refractivity contribution in [3.8, 4) is 0 Å². The predicted octanol–water partition coefficient (Wildman–Crippen LogP) is 1.86. The van der Waals surface area contributed by atoms with E-state index in [0.717, 1.165) is 6.20 Å². The topological polar surface area (TPSA) is 12.9 Å². The number of hydrogen-bond acceptors (Lipinski definition) is 1. The van der Waals surface area contributed by atoms with E-state index >= 15 is 0 Å². The average molecular weight is 241 g/mol. The van der Waals surface area contributed by atoms with Crippen LogP contribution in [0.3, 0.4) is 0 Å². The molecule has 0 spiro atoms. The fraction of sp³-hybridized carbons (Fsp3) is 0. The Kier molecular flexibility index (Phi) is 6.43. The molecule has 0 aromatic carbocycles. The van der Waals surface area contributed by atoms with Gasteiger partial charge in [0.1, 0.15) is 0 Å². The molecule has 44 valence electrons. The van der Waals surface area contributed by atoms with Gasteiger partial charge in [-0.3, -0.25) is 0 Å². The Morgan fingerprint density at radius 3 is 2.56 bits per heavy atom. The van der Waals surface area contributed by atoms with Crippen molar-refractivity contribution in [1.82, 2.24) is 4.98 Å². The van der Waals surface area contributed by atoms with Gasteiger partial charge in [0.2, 0.25) is 0 Å². The molecule has 0 atom stereocenters. The molecule has 0 aliphatic carbocycles. The fourth-order valence-corrected chi connectivity index (χ4v) is 0.306. The van der Waals surface area contributed by atoms with Crippen molar-refractivity contribution < 1.29 is 20.7 Å². The number of pyridine rings is 1. The summed E-state index contributed by atoms with van der Waals surface area (Å²) in [5, 5.41) is 0. The van der Waals surface area contributed by atoms with Crippen molar-refractivity contribution in [2.24, 2.45) is 0 Å². The third-order valence-corrected chi connectivity index (χ3v) is 0.568. The summed E-state index contributed by atoms with van der Waals surface area (Å²) in [7, 11) is 0. The van der Waals surface area contributed by atoms with E-state index in [1.165, 1.54) is 28.6 Å². The van der Waals surface area contributed by atoms with Crippen molar-refractivity contribution in [1.29, 1.82) is 0 Å². The zero-order valence-electron chi connectivity index (χ0n) is 4.64. The molecule has 0 aliphatic rings. The Balaban J connectivity index is 0.000000291. The molecule has 0 aliphatic heterocycles. The first-order chi connectivity index (χ1) is 4.39. The molecule has 1 aromatic heterocycles. The summed E-state index contributed by atoms with van der Waals surface area (Å²) in [6, 6.07) is 3.70. The Morgan fingerprint density at radius 1 is 1.67 bits per heavy atom. The van der Waals surface area contributed by atoms with Crippen molar-refractivity contribution in [3.63, 3.8) is 0 Å². The normalized spacial score (nSPS) is 7.56. The van der Waals surface area contributed by atoms with Gasteiger partial charge in [-0.2, -0.15) is 6.07 Å². The number of halogens is 2. The summed E-state index contributed by atoms with van der Waals surface area (Å²) in [6.45, 7) is 0.